The lowest BCUT2D eigenvalue weighted by atomic mass is 10.0. The SMILES string of the molecule is O=S(=O)(CCN1CCCCC1CO)c1ccc(Br)cc1. The summed E-state index contributed by atoms with van der Waals surface area (Å²) in [6, 6.07) is 6.84. The third-order valence-electron chi connectivity index (χ3n) is 3.78. The summed E-state index contributed by atoms with van der Waals surface area (Å²) in [4.78, 5) is 2.46. The maximum atomic E-state index is 12.3. The number of aliphatic hydroxyl groups is 1. The van der Waals surface area contributed by atoms with Gasteiger partial charge in [0.1, 0.15) is 0 Å². The van der Waals surface area contributed by atoms with Gasteiger partial charge in [-0.3, -0.25) is 4.90 Å². The second kappa shape index (κ2) is 7.02. The van der Waals surface area contributed by atoms with Gasteiger partial charge in [-0.2, -0.15) is 0 Å². The average Bonchev–Trinajstić information content (AvgIpc) is 2.46. The topological polar surface area (TPSA) is 57.6 Å². The maximum Gasteiger partial charge on any atom is 0.179 e. The summed E-state index contributed by atoms with van der Waals surface area (Å²) >= 11 is 3.30. The Bertz CT molecular complexity index is 530. The van der Waals surface area contributed by atoms with Crippen molar-refractivity contribution in [3.63, 3.8) is 0 Å². The zero-order valence-electron chi connectivity index (χ0n) is 11.3. The van der Waals surface area contributed by atoms with Gasteiger partial charge < -0.3 is 5.11 Å². The van der Waals surface area contributed by atoms with Crippen molar-refractivity contribution < 1.29 is 13.5 Å². The molecule has 1 fully saturated rings. The van der Waals surface area contributed by atoms with Gasteiger partial charge in [-0.25, -0.2) is 8.42 Å². The number of aliphatic hydroxyl groups excluding tert-OH is 1. The number of hydrogen-bond acceptors (Lipinski definition) is 4. The molecule has 1 aliphatic heterocycles. The summed E-state index contributed by atoms with van der Waals surface area (Å²) in [7, 11) is -3.25. The first-order chi connectivity index (χ1) is 9.53. The van der Waals surface area contributed by atoms with E-state index in [2.05, 4.69) is 20.8 Å². The minimum absolute atomic E-state index is 0.102. The summed E-state index contributed by atoms with van der Waals surface area (Å²) in [5.41, 5.74) is 0. The Kier molecular flexibility index (Phi) is 5.60. The molecular formula is C14H20BrNO3S. The van der Waals surface area contributed by atoms with Crippen LogP contribution in [0.4, 0.5) is 0 Å². The smallest absolute Gasteiger partial charge is 0.179 e. The fraction of sp³-hybridized carbons (Fsp3) is 0.571. The first kappa shape index (κ1) is 15.9. The van der Waals surface area contributed by atoms with E-state index in [1.807, 2.05) is 0 Å². The number of rotatable bonds is 5. The van der Waals surface area contributed by atoms with Gasteiger partial charge in [-0.15, -0.1) is 0 Å². The molecule has 0 amide bonds. The summed E-state index contributed by atoms with van der Waals surface area (Å²) in [6.07, 6.45) is 3.14. The molecule has 2 rings (SSSR count). The van der Waals surface area contributed by atoms with Gasteiger partial charge in [0.2, 0.25) is 0 Å². The average molecular weight is 362 g/mol. The Labute approximate surface area is 128 Å². The highest BCUT2D eigenvalue weighted by atomic mass is 79.9. The summed E-state index contributed by atoms with van der Waals surface area (Å²) in [5.74, 6) is 0.102. The first-order valence-corrected chi connectivity index (χ1v) is 9.31. The molecule has 1 aromatic rings. The van der Waals surface area contributed by atoms with Gasteiger partial charge in [0, 0.05) is 17.1 Å². The van der Waals surface area contributed by atoms with Gasteiger partial charge in [0.05, 0.1) is 17.3 Å². The molecule has 1 atom stereocenters. The van der Waals surface area contributed by atoms with Crippen LogP contribution in [0.25, 0.3) is 0 Å². The molecule has 20 heavy (non-hydrogen) atoms. The van der Waals surface area contributed by atoms with Gasteiger partial charge in [-0.1, -0.05) is 22.4 Å². The molecule has 1 heterocycles. The van der Waals surface area contributed by atoms with Crippen LogP contribution in [0.5, 0.6) is 0 Å². The van der Waals surface area contributed by atoms with Crippen LogP contribution in [0.2, 0.25) is 0 Å². The molecule has 0 radical (unpaired) electrons. The molecule has 1 N–H and O–H groups in total. The van der Waals surface area contributed by atoms with Gasteiger partial charge in [0.25, 0.3) is 0 Å². The van der Waals surface area contributed by atoms with E-state index in [-0.39, 0.29) is 18.4 Å². The van der Waals surface area contributed by atoms with Crippen LogP contribution >= 0.6 is 15.9 Å². The molecule has 0 saturated carbocycles. The molecule has 1 unspecified atom stereocenters. The third kappa shape index (κ3) is 4.04. The van der Waals surface area contributed by atoms with E-state index in [1.165, 1.54) is 0 Å². The zero-order valence-corrected chi connectivity index (χ0v) is 13.7. The number of halogens is 1. The lowest BCUT2D eigenvalue weighted by molar-refractivity contribution is 0.0958. The number of benzene rings is 1. The fourth-order valence-electron chi connectivity index (χ4n) is 2.56. The summed E-state index contributed by atoms with van der Waals surface area (Å²) < 4.78 is 25.4. The Morgan fingerprint density at radius 2 is 1.95 bits per heavy atom. The first-order valence-electron chi connectivity index (χ1n) is 6.86. The molecule has 1 aliphatic rings. The highest BCUT2D eigenvalue weighted by Gasteiger charge is 2.24. The van der Waals surface area contributed by atoms with Gasteiger partial charge in [0.15, 0.2) is 9.84 Å². The number of hydrogen-bond donors (Lipinski definition) is 1. The summed E-state index contributed by atoms with van der Waals surface area (Å²) in [6.45, 7) is 1.48. The van der Waals surface area contributed by atoms with Crippen molar-refractivity contribution >= 4 is 25.8 Å². The lowest BCUT2D eigenvalue weighted by Crippen LogP contribution is -2.44. The third-order valence-corrected chi connectivity index (χ3v) is 6.02. The van der Waals surface area contributed by atoms with Crippen molar-refractivity contribution in [1.82, 2.24) is 4.90 Å². The molecule has 112 valence electrons. The van der Waals surface area contributed by atoms with Gasteiger partial charge >= 0.3 is 0 Å². The van der Waals surface area contributed by atoms with E-state index in [1.54, 1.807) is 24.3 Å². The highest BCUT2D eigenvalue weighted by Crippen LogP contribution is 2.19. The van der Waals surface area contributed by atoms with Crippen LogP contribution in [0, 0.1) is 0 Å². The minimum atomic E-state index is -3.25. The molecule has 0 bridgehead atoms. The predicted molar refractivity (Wildman–Crippen MR) is 82.5 cm³/mol. The normalized spacial score (nSPS) is 21.0. The van der Waals surface area contributed by atoms with E-state index in [0.29, 0.717) is 11.4 Å². The lowest BCUT2D eigenvalue weighted by Gasteiger charge is -2.34. The summed E-state index contributed by atoms with van der Waals surface area (Å²) in [5, 5.41) is 9.34. The standard InChI is InChI=1S/C14H20BrNO3S/c15-12-4-6-14(7-5-12)20(18,19)10-9-16-8-2-1-3-13(16)11-17/h4-7,13,17H,1-3,8-11H2. The van der Waals surface area contributed by atoms with Crippen molar-refractivity contribution in [2.45, 2.75) is 30.2 Å². The van der Waals surface area contributed by atoms with Crippen LogP contribution in [0.1, 0.15) is 19.3 Å². The van der Waals surface area contributed by atoms with Crippen molar-refractivity contribution in [2.75, 3.05) is 25.4 Å². The van der Waals surface area contributed by atoms with E-state index in [9.17, 15) is 13.5 Å². The van der Waals surface area contributed by atoms with Crippen molar-refractivity contribution in [2.24, 2.45) is 0 Å². The predicted octanol–water partition coefficient (Wildman–Crippen LogP) is 2.07. The molecule has 6 heteroatoms. The maximum absolute atomic E-state index is 12.3. The molecular weight excluding hydrogens is 342 g/mol. The molecule has 0 spiro atoms. The Morgan fingerprint density at radius 1 is 1.25 bits per heavy atom. The van der Waals surface area contributed by atoms with Crippen LogP contribution in [0.15, 0.2) is 33.6 Å². The second-order valence-corrected chi connectivity index (χ2v) is 8.17. The van der Waals surface area contributed by atoms with Gasteiger partial charge in [-0.05, 0) is 43.7 Å². The van der Waals surface area contributed by atoms with E-state index < -0.39 is 9.84 Å². The minimum Gasteiger partial charge on any atom is -0.395 e. The monoisotopic (exact) mass is 361 g/mol. The number of nitrogens with zero attached hydrogens (tertiary/aromatic N) is 1. The molecule has 0 aromatic heterocycles. The fourth-order valence-corrected chi connectivity index (χ4v) is 4.08. The van der Waals surface area contributed by atoms with E-state index in [4.69, 9.17) is 0 Å². The van der Waals surface area contributed by atoms with Crippen molar-refractivity contribution in [3.05, 3.63) is 28.7 Å². The Morgan fingerprint density at radius 3 is 2.60 bits per heavy atom. The van der Waals surface area contributed by atoms with Crippen molar-refractivity contribution in [1.29, 1.82) is 0 Å². The Balaban J connectivity index is 1.99. The zero-order chi connectivity index (χ0) is 14.6. The molecule has 1 saturated heterocycles. The van der Waals surface area contributed by atoms with Crippen LogP contribution in [-0.2, 0) is 9.84 Å². The van der Waals surface area contributed by atoms with Crippen molar-refractivity contribution in [3.8, 4) is 0 Å². The van der Waals surface area contributed by atoms with Crippen LogP contribution in [-0.4, -0.2) is 49.9 Å². The number of likely N-dealkylation sites (tertiary alicyclic amines) is 1. The number of piperidine rings is 1. The van der Waals surface area contributed by atoms with E-state index in [0.717, 1.165) is 30.3 Å². The van der Waals surface area contributed by atoms with Crippen LogP contribution < -0.4 is 0 Å². The largest absolute Gasteiger partial charge is 0.395 e. The second-order valence-electron chi connectivity index (χ2n) is 5.14. The quantitative estimate of drug-likeness (QED) is 0.871. The molecule has 0 aliphatic carbocycles. The Hall–Kier alpha value is -0.430. The highest BCUT2D eigenvalue weighted by molar-refractivity contribution is 9.10. The number of sulfone groups is 1. The molecule has 1 aromatic carbocycles. The molecule has 4 nitrogen and oxygen atoms in total. The van der Waals surface area contributed by atoms with Crippen LogP contribution in [0.3, 0.4) is 0 Å². The van der Waals surface area contributed by atoms with E-state index >= 15 is 0 Å².